The van der Waals surface area contributed by atoms with Crippen molar-refractivity contribution in [2.75, 3.05) is 6.54 Å². The molecule has 0 bridgehead atoms. The molecule has 0 spiro atoms. The van der Waals surface area contributed by atoms with E-state index < -0.39 is 11.7 Å². The van der Waals surface area contributed by atoms with Gasteiger partial charge in [0.05, 0.1) is 11.1 Å². The van der Waals surface area contributed by atoms with Gasteiger partial charge in [-0.3, -0.25) is 9.78 Å². The van der Waals surface area contributed by atoms with Gasteiger partial charge in [0, 0.05) is 46.7 Å². The van der Waals surface area contributed by atoms with E-state index in [1.165, 1.54) is 6.07 Å². The molecule has 2 heterocycles. The number of carbonyl (C=O) groups excluding carboxylic acids is 1. The largest absolute Gasteiger partial charge is 0.416 e. The summed E-state index contributed by atoms with van der Waals surface area (Å²) >= 11 is 1.63. The number of nitrogens with zero attached hydrogens (tertiary/aromatic N) is 1. The van der Waals surface area contributed by atoms with E-state index in [0.29, 0.717) is 17.5 Å². The van der Waals surface area contributed by atoms with Gasteiger partial charge in [-0.25, -0.2) is 0 Å². The van der Waals surface area contributed by atoms with Gasteiger partial charge < -0.3 is 10.3 Å². The second-order valence-corrected chi connectivity index (χ2v) is 8.25. The van der Waals surface area contributed by atoms with Gasteiger partial charge in [0.25, 0.3) is 5.91 Å². The van der Waals surface area contributed by atoms with E-state index in [-0.39, 0.29) is 12.5 Å². The number of amides is 1. The van der Waals surface area contributed by atoms with Crippen LogP contribution in [-0.4, -0.2) is 22.4 Å². The molecule has 164 valence electrons. The molecule has 32 heavy (non-hydrogen) atoms. The second-order valence-electron chi connectivity index (χ2n) is 7.23. The van der Waals surface area contributed by atoms with Crippen LogP contribution in [0.25, 0.3) is 10.9 Å². The minimum atomic E-state index is -4.38. The summed E-state index contributed by atoms with van der Waals surface area (Å²) in [6.45, 7) is 0.235. The van der Waals surface area contributed by atoms with Crippen molar-refractivity contribution in [1.82, 2.24) is 15.3 Å². The molecule has 0 atom stereocenters. The molecular formula is C24H20F3N3OS. The van der Waals surface area contributed by atoms with Crippen molar-refractivity contribution in [3.63, 3.8) is 0 Å². The lowest BCUT2D eigenvalue weighted by Crippen LogP contribution is -2.25. The molecule has 8 heteroatoms. The number of thioether (sulfide) groups is 1. The van der Waals surface area contributed by atoms with Gasteiger partial charge in [-0.05, 0) is 47.9 Å². The zero-order valence-electron chi connectivity index (χ0n) is 16.9. The first-order chi connectivity index (χ1) is 15.4. The summed E-state index contributed by atoms with van der Waals surface area (Å²) in [4.78, 5) is 21.0. The molecule has 0 saturated carbocycles. The van der Waals surface area contributed by atoms with Crippen molar-refractivity contribution in [3.8, 4) is 0 Å². The first kappa shape index (κ1) is 22.0. The quantitative estimate of drug-likeness (QED) is 0.344. The maximum absolute atomic E-state index is 12.9. The van der Waals surface area contributed by atoms with Crippen LogP contribution in [0.3, 0.4) is 0 Å². The summed E-state index contributed by atoms with van der Waals surface area (Å²) in [5.41, 5.74) is 2.33. The molecule has 0 saturated heterocycles. The van der Waals surface area contributed by atoms with Crippen molar-refractivity contribution in [2.24, 2.45) is 0 Å². The molecule has 0 aliphatic rings. The highest BCUT2D eigenvalue weighted by Crippen LogP contribution is 2.32. The summed E-state index contributed by atoms with van der Waals surface area (Å²) in [7, 11) is 0. The van der Waals surface area contributed by atoms with Crippen molar-refractivity contribution in [2.45, 2.75) is 23.2 Å². The van der Waals surface area contributed by atoms with Crippen molar-refractivity contribution >= 4 is 28.6 Å². The van der Waals surface area contributed by atoms with E-state index in [2.05, 4.69) is 15.3 Å². The predicted molar refractivity (Wildman–Crippen MR) is 120 cm³/mol. The minimum Gasteiger partial charge on any atom is -0.360 e. The SMILES string of the molecule is O=C(NCCc1cccc(C(F)(F)F)c1)c1c[nH]c2cccc(SCc3ccncc3)c12. The number of rotatable bonds is 7. The number of aromatic nitrogens is 2. The maximum atomic E-state index is 12.9. The normalized spacial score (nSPS) is 11.6. The van der Waals surface area contributed by atoms with E-state index in [1.54, 1.807) is 36.4 Å². The van der Waals surface area contributed by atoms with Gasteiger partial charge in [-0.2, -0.15) is 13.2 Å². The monoisotopic (exact) mass is 455 g/mol. The topological polar surface area (TPSA) is 57.8 Å². The Morgan fingerprint density at radius 3 is 2.59 bits per heavy atom. The Balaban J connectivity index is 1.45. The summed E-state index contributed by atoms with van der Waals surface area (Å²) in [6, 6.07) is 14.9. The lowest BCUT2D eigenvalue weighted by molar-refractivity contribution is -0.137. The van der Waals surface area contributed by atoms with Gasteiger partial charge in [0.2, 0.25) is 0 Å². The van der Waals surface area contributed by atoms with E-state index in [4.69, 9.17) is 0 Å². The fraction of sp³-hybridized carbons (Fsp3) is 0.167. The molecule has 0 aliphatic carbocycles. The number of fused-ring (bicyclic) bond motifs is 1. The number of hydrogen-bond donors (Lipinski definition) is 2. The first-order valence-electron chi connectivity index (χ1n) is 9.98. The Morgan fingerprint density at radius 1 is 1.03 bits per heavy atom. The van der Waals surface area contributed by atoms with Crippen LogP contribution < -0.4 is 5.32 Å². The van der Waals surface area contributed by atoms with Crippen LogP contribution in [0.5, 0.6) is 0 Å². The smallest absolute Gasteiger partial charge is 0.360 e. The Kier molecular flexibility index (Phi) is 6.50. The van der Waals surface area contributed by atoms with Crippen LogP contribution in [0.4, 0.5) is 13.2 Å². The lowest BCUT2D eigenvalue weighted by atomic mass is 10.1. The Hall–Kier alpha value is -3.26. The number of aromatic amines is 1. The Bertz CT molecular complexity index is 1220. The molecule has 0 fully saturated rings. The molecule has 2 aromatic carbocycles. The van der Waals surface area contributed by atoms with Crippen molar-refractivity contribution in [1.29, 1.82) is 0 Å². The van der Waals surface area contributed by atoms with Crippen LogP contribution in [-0.2, 0) is 18.3 Å². The predicted octanol–water partition coefficient (Wildman–Crippen LogP) is 5.85. The zero-order valence-corrected chi connectivity index (χ0v) is 17.8. The second kappa shape index (κ2) is 9.48. The fourth-order valence-corrected chi connectivity index (χ4v) is 4.46. The van der Waals surface area contributed by atoms with Crippen molar-refractivity contribution < 1.29 is 18.0 Å². The maximum Gasteiger partial charge on any atom is 0.416 e. The number of H-pyrrole nitrogens is 1. The molecule has 2 aromatic heterocycles. The van der Waals surface area contributed by atoms with Crippen LogP contribution in [0.2, 0.25) is 0 Å². The molecule has 1 amide bonds. The molecular weight excluding hydrogens is 435 g/mol. The van der Waals surface area contributed by atoms with Gasteiger partial charge >= 0.3 is 6.18 Å². The number of halogens is 3. The lowest BCUT2D eigenvalue weighted by Gasteiger charge is -2.10. The third-order valence-corrected chi connectivity index (χ3v) is 6.14. The molecule has 0 unspecified atom stereocenters. The van der Waals surface area contributed by atoms with E-state index >= 15 is 0 Å². The highest BCUT2D eigenvalue weighted by molar-refractivity contribution is 7.98. The summed E-state index contributed by atoms with van der Waals surface area (Å²) in [5.74, 6) is 0.476. The van der Waals surface area contributed by atoms with E-state index in [9.17, 15) is 18.0 Å². The highest BCUT2D eigenvalue weighted by atomic mass is 32.2. The minimum absolute atomic E-state index is 0.235. The standard InChI is InChI=1S/C24H20F3N3OS/c25-24(26,27)18-4-1-3-16(13-18)9-12-29-23(31)19-14-30-20-5-2-6-21(22(19)20)32-15-17-7-10-28-11-8-17/h1-8,10-11,13-14,30H,9,12,15H2,(H,29,31). The van der Waals surface area contributed by atoms with Crippen LogP contribution >= 0.6 is 11.8 Å². The van der Waals surface area contributed by atoms with Gasteiger partial charge in [-0.15, -0.1) is 11.8 Å². The van der Waals surface area contributed by atoms with Gasteiger partial charge in [-0.1, -0.05) is 24.3 Å². The zero-order chi connectivity index (χ0) is 22.6. The molecule has 0 aliphatic heterocycles. The molecule has 4 aromatic rings. The van der Waals surface area contributed by atoms with Crippen LogP contribution in [0.1, 0.15) is 27.0 Å². The third-order valence-electron chi connectivity index (χ3n) is 5.01. The van der Waals surface area contributed by atoms with Crippen molar-refractivity contribution in [3.05, 3.63) is 95.4 Å². The fourth-order valence-electron chi connectivity index (χ4n) is 3.41. The van der Waals surface area contributed by atoms with Crippen LogP contribution in [0.15, 0.2) is 78.1 Å². The number of hydrogen-bond acceptors (Lipinski definition) is 3. The first-order valence-corrected chi connectivity index (χ1v) is 11.0. The van der Waals surface area contributed by atoms with E-state index in [0.717, 1.165) is 39.2 Å². The number of benzene rings is 2. The molecule has 4 nitrogen and oxygen atoms in total. The molecule has 4 rings (SSSR count). The number of alkyl halides is 3. The van der Waals surface area contributed by atoms with Gasteiger partial charge in [0.15, 0.2) is 0 Å². The molecule has 2 N–H and O–H groups in total. The summed E-state index contributed by atoms with van der Waals surface area (Å²) in [6.07, 6.45) is 1.09. The Labute approximate surface area is 187 Å². The average molecular weight is 456 g/mol. The Morgan fingerprint density at radius 2 is 1.81 bits per heavy atom. The number of pyridine rings is 1. The van der Waals surface area contributed by atoms with E-state index in [1.807, 2.05) is 30.3 Å². The number of nitrogens with one attached hydrogen (secondary N) is 2. The van der Waals surface area contributed by atoms with Crippen LogP contribution in [0, 0.1) is 0 Å². The summed E-state index contributed by atoms with van der Waals surface area (Å²) < 4.78 is 38.6. The highest BCUT2D eigenvalue weighted by Gasteiger charge is 2.30. The number of carbonyl (C=O) groups is 1. The summed E-state index contributed by atoms with van der Waals surface area (Å²) in [5, 5.41) is 3.66. The third kappa shape index (κ3) is 5.13. The average Bonchev–Trinajstić information content (AvgIpc) is 3.23. The molecule has 0 radical (unpaired) electrons. The van der Waals surface area contributed by atoms with Gasteiger partial charge in [0.1, 0.15) is 0 Å².